The van der Waals surface area contributed by atoms with Crippen LogP contribution in [0.2, 0.25) is 0 Å². The van der Waals surface area contributed by atoms with Crippen molar-refractivity contribution in [3.05, 3.63) is 475 Å². The van der Waals surface area contributed by atoms with E-state index in [9.17, 15) is 24.5 Å². The second-order valence-electron chi connectivity index (χ2n) is 33.1. The first-order chi connectivity index (χ1) is 66.5. The standard InChI is InChI=1S/C23H27NO3S2.C21H22FNOS2.C17H19NO2S.C17H17NO2S.C17H19NOS.C16H17NOS/c24-22(15-27-12-11-25)17-29-23(21-10-13-28-16-21,19-4-2-1-3-5-19)20-8-6-18(14-26)7-9-20;22-12-20(23)15-26-21(19-10-11-25-14-19,17-4-2-1-3-5-17)18-8-6-16(13-24)7-9-18;2*18-15-11-20-16(19)17(21-12-15,13-7-3-1-4-8-13)14-9-5-2-6-10-14;18-16-11-19-13-17(20-12-16,14-7-3-1-4-8-14)15-9-5-2-6-10-15;17-15-11-18-16(19-12-15,13-7-3-1-4-8-13)14-9-5-2-6-10-14/h1-10,13,16,22,25-26H,11-12,14-15,17,24H2;1-11,14,20,24H,12-13,15,23H2;1-10,15-16,19H,11-12,18H2;1-10,15H,11-12,18H2;1-10,16H,11-13,18H2;1-10,15H,11-12,17H2/t22-,23?;20-,21?;15-,16?;15-;16-;15-/m111111/s1. The molecular formula is C111H121FN6O10S8. The van der Waals surface area contributed by atoms with E-state index in [0.717, 1.165) is 72.9 Å². The molecule has 710 valence electrons. The number of thiophene rings is 2. The van der Waals surface area contributed by atoms with Crippen LogP contribution in [0.5, 0.6) is 0 Å². The minimum atomic E-state index is -0.930. The van der Waals surface area contributed by atoms with Gasteiger partial charge in [-0.15, -0.1) is 70.6 Å². The minimum Gasteiger partial charge on any atom is -0.462 e. The zero-order valence-electron chi connectivity index (χ0n) is 75.9. The highest BCUT2D eigenvalue weighted by atomic mass is 32.2. The molecule has 12 aromatic carbocycles. The molecule has 6 heterocycles. The molecule has 0 saturated carbocycles. The summed E-state index contributed by atoms with van der Waals surface area (Å²) in [4.78, 5) is 12.4. The highest BCUT2D eigenvalue weighted by molar-refractivity contribution is 8.02. The summed E-state index contributed by atoms with van der Waals surface area (Å²) in [5, 5.41) is 47.0. The van der Waals surface area contributed by atoms with Crippen molar-refractivity contribution in [2.75, 3.05) is 94.0 Å². The average molecular weight is 1970 g/mol. The molecule has 18 rings (SSSR count). The average Bonchev–Trinajstić information content (AvgIpc) is 1.40. The molecule has 9 atom stereocenters. The SMILES string of the molecule is N[C@@H]1COC(=O)C(c2ccccc2)(c2ccccc2)SC1.N[C@@H]1COC(O)C(c2ccccc2)(c2ccccc2)SC1.N[C@@H]1COC(c2ccccc2)(c2ccccc2)SC1.N[C@@H]1COCC(c2ccccc2)(c2ccccc2)SC1.N[C@H](CF)CSC(c1ccccc1)(c1ccc(CO)cc1)c1ccsc1.N[C@H](COCCO)CSC(c1ccccc1)(c1ccc(CO)cc1)c1ccsc1. The fourth-order valence-corrected chi connectivity index (χ4v) is 26.4. The van der Waals surface area contributed by atoms with Gasteiger partial charge < -0.3 is 78.5 Å². The van der Waals surface area contributed by atoms with E-state index < -0.39 is 42.9 Å². The summed E-state index contributed by atoms with van der Waals surface area (Å²) < 4.78 is 39.1. The summed E-state index contributed by atoms with van der Waals surface area (Å²) in [5.41, 5.74) is 53.8. The van der Waals surface area contributed by atoms with Crippen LogP contribution in [0.15, 0.2) is 386 Å². The van der Waals surface area contributed by atoms with E-state index in [1.165, 1.54) is 33.4 Å². The van der Waals surface area contributed by atoms with Gasteiger partial charge in [-0.25, -0.2) is 9.18 Å². The Labute approximate surface area is 833 Å². The van der Waals surface area contributed by atoms with Crippen molar-refractivity contribution in [3.8, 4) is 0 Å². The number of cyclic esters (lactones) is 1. The van der Waals surface area contributed by atoms with E-state index >= 15 is 0 Å². The normalized spacial score (nSPS) is 19.4. The first-order valence-electron chi connectivity index (χ1n) is 45.3. The lowest BCUT2D eigenvalue weighted by atomic mass is 9.85. The smallest absolute Gasteiger partial charge is 0.331 e. The van der Waals surface area contributed by atoms with Crippen LogP contribution in [0.25, 0.3) is 0 Å². The molecule has 16 nitrogen and oxygen atoms in total. The zero-order chi connectivity index (χ0) is 95.3. The summed E-state index contributed by atoms with van der Waals surface area (Å²) >= 11 is 13.7. The van der Waals surface area contributed by atoms with Crippen molar-refractivity contribution in [3.63, 3.8) is 0 Å². The van der Waals surface area contributed by atoms with Gasteiger partial charge in [0.15, 0.2) is 16.0 Å². The van der Waals surface area contributed by atoms with Crippen LogP contribution in [0.3, 0.4) is 0 Å². The Hall–Kier alpha value is -9.02. The number of hydrogen-bond donors (Lipinski definition) is 10. The molecule has 136 heavy (non-hydrogen) atoms. The number of ether oxygens (including phenoxy) is 5. The lowest BCUT2D eigenvalue weighted by Crippen LogP contribution is -2.42. The number of carbonyl (C=O) groups excluding carboxylic acids is 1. The lowest BCUT2D eigenvalue weighted by Gasteiger charge is -2.39. The van der Waals surface area contributed by atoms with E-state index in [0.29, 0.717) is 56.9 Å². The second kappa shape index (κ2) is 52.8. The van der Waals surface area contributed by atoms with E-state index in [1.54, 1.807) is 81.5 Å². The minimum absolute atomic E-state index is 0.0000741. The fraction of sp³-hybridized carbons (Fsp3) is 0.270. The van der Waals surface area contributed by atoms with Crippen LogP contribution in [0.1, 0.15) is 89.0 Å². The third-order valence-corrected chi connectivity index (χ3v) is 34.9. The number of thioether (sulfide) groups is 6. The molecule has 0 bridgehead atoms. The highest BCUT2D eigenvalue weighted by Gasteiger charge is 2.49. The van der Waals surface area contributed by atoms with Crippen LogP contribution in [-0.2, 0) is 70.4 Å². The van der Waals surface area contributed by atoms with E-state index in [2.05, 4.69) is 191 Å². The number of rotatable bonds is 27. The second-order valence-corrected chi connectivity index (χ2v) is 42.2. The van der Waals surface area contributed by atoms with Gasteiger partial charge in [0, 0.05) is 70.8 Å². The van der Waals surface area contributed by atoms with Crippen LogP contribution in [-0.4, -0.2) is 163 Å². The van der Waals surface area contributed by atoms with Gasteiger partial charge in [-0.3, -0.25) is 0 Å². The molecule has 2 aromatic heterocycles. The predicted molar refractivity (Wildman–Crippen MR) is 567 cm³/mol. The molecule has 4 fully saturated rings. The molecule has 3 unspecified atom stereocenters. The highest BCUT2D eigenvalue weighted by Crippen LogP contribution is 2.54. The molecule has 0 spiro atoms. The van der Waals surface area contributed by atoms with E-state index in [1.807, 2.05) is 206 Å². The van der Waals surface area contributed by atoms with E-state index in [-0.39, 0.29) is 67.4 Å². The quantitative estimate of drug-likeness (QED) is 0.0169. The van der Waals surface area contributed by atoms with Gasteiger partial charge in [-0.2, -0.15) is 22.7 Å². The Balaban J connectivity index is 0.000000139. The molecule has 0 amide bonds. The summed E-state index contributed by atoms with van der Waals surface area (Å²) in [5.74, 6) is 4.18. The number of esters is 1. The molecule has 4 saturated heterocycles. The van der Waals surface area contributed by atoms with Crippen LogP contribution in [0, 0.1) is 0 Å². The summed E-state index contributed by atoms with van der Waals surface area (Å²) in [6.45, 7) is 2.74. The Kier molecular flexibility index (Phi) is 40.5. The topological polar surface area (TPSA) is 300 Å². The third-order valence-electron chi connectivity index (χ3n) is 23.4. The Morgan fingerprint density at radius 1 is 0.404 bits per heavy atom. The van der Waals surface area contributed by atoms with Crippen molar-refractivity contribution < 1.29 is 53.3 Å². The summed E-state index contributed by atoms with van der Waals surface area (Å²) in [6.07, 6.45) is -0.930. The van der Waals surface area contributed by atoms with Gasteiger partial charge in [0.05, 0.1) is 73.7 Å². The van der Waals surface area contributed by atoms with Crippen LogP contribution in [0.4, 0.5) is 4.39 Å². The van der Waals surface area contributed by atoms with Crippen molar-refractivity contribution in [1.82, 2.24) is 0 Å². The molecular weight excluding hydrogens is 1850 g/mol. The number of carbonyl (C=O) groups is 1. The Morgan fingerprint density at radius 2 is 0.765 bits per heavy atom. The molecule has 16 N–H and O–H groups in total. The Bertz CT molecular complexity index is 5550. The fourth-order valence-electron chi connectivity index (χ4n) is 16.5. The van der Waals surface area contributed by atoms with Crippen LogP contribution < -0.4 is 34.4 Å². The van der Waals surface area contributed by atoms with Gasteiger partial charge in [0.25, 0.3) is 0 Å². The molecule has 14 aromatic rings. The van der Waals surface area contributed by atoms with E-state index in [4.69, 9.17) is 63.2 Å². The molecule has 25 heteroatoms. The van der Waals surface area contributed by atoms with Gasteiger partial charge >= 0.3 is 5.97 Å². The maximum absolute atomic E-state index is 13.0. The van der Waals surface area contributed by atoms with Gasteiger partial charge in [-0.1, -0.05) is 352 Å². The summed E-state index contributed by atoms with van der Waals surface area (Å²) in [7, 11) is 0. The molecule has 0 aliphatic carbocycles. The molecule has 4 aliphatic rings. The molecule has 4 aliphatic heterocycles. The van der Waals surface area contributed by atoms with Crippen molar-refractivity contribution in [2.24, 2.45) is 34.4 Å². The number of aliphatic hydroxyl groups excluding tert-OH is 4. The van der Waals surface area contributed by atoms with Crippen molar-refractivity contribution >= 4 is 99.2 Å². The van der Waals surface area contributed by atoms with Gasteiger partial charge in [0.2, 0.25) is 0 Å². The van der Waals surface area contributed by atoms with Gasteiger partial charge in [0.1, 0.15) is 18.0 Å². The Morgan fingerprint density at radius 3 is 1.16 bits per heavy atom. The number of nitrogens with two attached hydrogens (primary N) is 6. The summed E-state index contributed by atoms with van der Waals surface area (Å²) in [6, 6.07) is 122. The zero-order valence-corrected chi connectivity index (χ0v) is 82.4. The first-order valence-corrected chi connectivity index (χ1v) is 53.1. The maximum atomic E-state index is 13.0. The lowest BCUT2D eigenvalue weighted by molar-refractivity contribution is -0.145. The van der Waals surface area contributed by atoms with Crippen molar-refractivity contribution in [2.45, 2.75) is 84.4 Å². The number of hydrogen-bond acceptors (Lipinski definition) is 24. The number of aliphatic hydroxyl groups is 4. The maximum Gasteiger partial charge on any atom is 0.331 e. The first kappa shape index (κ1) is 104. The predicted octanol–water partition coefficient (Wildman–Crippen LogP) is 19.1. The number of alkyl halides is 1. The van der Waals surface area contributed by atoms with Gasteiger partial charge in [-0.05, 0) is 123 Å². The number of halogens is 1. The van der Waals surface area contributed by atoms with Crippen molar-refractivity contribution in [1.29, 1.82) is 0 Å². The third kappa shape index (κ3) is 26.2. The largest absolute Gasteiger partial charge is 0.462 e. The monoisotopic (exact) mass is 1970 g/mol. The molecule has 0 radical (unpaired) electrons. The number of benzene rings is 12. The van der Waals surface area contributed by atoms with Crippen LogP contribution >= 0.6 is 93.2 Å².